The summed E-state index contributed by atoms with van der Waals surface area (Å²) < 4.78 is 0. The van der Waals surface area contributed by atoms with E-state index in [-0.39, 0.29) is 22.3 Å². The van der Waals surface area contributed by atoms with Crippen molar-refractivity contribution in [3.63, 3.8) is 0 Å². The van der Waals surface area contributed by atoms with Crippen LogP contribution in [0.3, 0.4) is 0 Å². The fourth-order valence-corrected chi connectivity index (χ4v) is 1.67. The Morgan fingerprint density at radius 3 is 1.87 bits per heavy atom. The van der Waals surface area contributed by atoms with Crippen molar-refractivity contribution in [3.8, 4) is 0 Å². The maximum atomic E-state index is 11.5. The topological polar surface area (TPSA) is 37.4 Å². The molecule has 0 aliphatic rings. The van der Waals surface area contributed by atoms with Crippen LogP contribution in [0.4, 0.5) is 5.69 Å². The molecule has 0 aliphatic heterocycles. The molecule has 0 amide bonds. The lowest BCUT2D eigenvalue weighted by atomic mass is 9.82. The molecule has 0 fully saturated rings. The maximum Gasteiger partial charge on any atom is 0.249 e. The Kier molecular flexibility index (Phi) is 2.77. The molecular formula is C12H19NO2. The third kappa shape index (κ3) is 1.83. The number of hydrogen-bond donors (Lipinski definition) is 0. The third-order valence-corrected chi connectivity index (χ3v) is 2.76. The highest BCUT2D eigenvalue weighted by molar-refractivity contribution is 5.61. The van der Waals surface area contributed by atoms with Crippen LogP contribution in [0.1, 0.15) is 40.2 Å². The second-order valence-corrected chi connectivity index (χ2v) is 5.34. The quantitative estimate of drug-likeness (QED) is 0.691. The van der Waals surface area contributed by atoms with E-state index in [0.717, 1.165) is 0 Å². The van der Waals surface area contributed by atoms with Crippen LogP contribution < -0.4 is 15.8 Å². The van der Waals surface area contributed by atoms with Gasteiger partial charge in [0.1, 0.15) is 0 Å². The van der Waals surface area contributed by atoms with Gasteiger partial charge in [-0.1, -0.05) is 20.8 Å². The van der Waals surface area contributed by atoms with Gasteiger partial charge in [0.05, 0.1) is 5.69 Å². The normalized spacial score (nSPS) is 12.5. The minimum absolute atomic E-state index is 0.231. The summed E-state index contributed by atoms with van der Waals surface area (Å²) in [5.41, 5.74) is 0.371. The van der Waals surface area contributed by atoms with Crippen molar-refractivity contribution in [3.05, 3.63) is 26.0 Å². The molecule has 0 aromatic heterocycles. The van der Waals surface area contributed by atoms with Crippen molar-refractivity contribution < 1.29 is 0 Å². The van der Waals surface area contributed by atoms with Crippen LogP contribution in [-0.4, -0.2) is 13.1 Å². The molecular weight excluding hydrogens is 190 g/mol. The molecule has 3 heteroatoms. The lowest BCUT2D eigenvalue weighted by Crippen LogP contribution is -2.48. The van der Waals surface area contributed by atoms with E-state index in [2.05, 4.69) is 0 Å². The SMILES string of the molecule is CC(C)N(C)c1c(C(C)(C)C)c(=O)c1=O. The molecule has 0 saturated carbocycles. The first-order valence-electron chi connectivity index (χ1n) is 5.24. The monoisotopic (exact) mass is 209 g/mol. The van der Waals surface area contributed by atoms with Crippen molar-refractivity contribution in [2.24, 2.45) is 0 Å². The summed E-state index contributed by atoms with van der Waals surface area (Å²) in [6.45, 7) is 9.88. The van der Waals surface area contributed by atoms with Gasteiger partial charge in [-0.25, -0.2) is 0 Å². The van der Waals surface area contributed by atoms with Gasteiger partial charge in [0, 0.05) is 18.7 Å². The molecule has 1 rings (SSSR count). The molecule has 0 bridgehead atoms. The van der Waals surface area contributed by atoms with Gasteiger partial charge in [0.2, 0.25) is 10.9 Å². The third-order valence-electron chi connectivity index (χ3n) is 2.76. The molecule has 1 aromatic rings. The molecule has 0 radical (unpaired) electrons. The zero-order valence-electron chi connectivity index (χ0n) is 10.3. The van der Waals surface area contributed by atoms with E-state index in [4.69, 9.17) is 0 Å². The minimum Gasteiger partial charge on any atom is -0.369 e. The summed E-state index contributed by atoms with van der Waals surface area (Å²) >= 11 is 0. The van der Waals surface area contributed by atoms with Crippen LogP contribution in [0, 0.1) is 0 Å². The van der Waals surface area contributed by atoms with E-state index in [1.54, 1.807) is 0 Å². The summed E-state index contributed by atoms with van der Waals surface area (Å²) in [5, 5.41) is 0. The van der Waals surface area contributed by atoms with Crippen LogP contribution in [-0.2, 0) is 5.41 Å². The van der Waals surface area contributed by atoms with Crippen LogP contribution >= 0.6 is 0 Å². The Balaban J connectivity index is 3.28. The van der Waals surface area contributed by atoms with Gasteiger partial charge in [0.15, 0.2) is 0 Å². The van der Waals surface area contributed by atoms with E-state index in [9.17, 15) is 9.59 Å². The fraction of sp³-hybridized carbons (Fsp3) is 0.667. The average Bonchev–Trinajstić information content (AvgIpc) is 2.09. The van der Waals surface area contributed by atoms with Gasteiger partial charge in [-0.15, -0.1) is 0 Å². The highest BCUT2D eigenvalue weighted by Crippen LogP contribution is 2.28. The first kappa shape index (κ1) is 12.0. The second-order valence-electron chi connectivity index (χ2n) is 5.34. The minimum atomic E-state index is -0.337. The van der Waals surface area contributed by atoms with E-state index in [0.29, 0.717) is 11.3 Å². The first-order valence-corrected chi connectivity index (χ1v) is 5.24. The van der Waals surface area contributed by atoms with E-state index < -0.39 is 0 Å². The molecule has 15 heavy (non-hydrogen) atoms. The van der Waals surface area contributed by atoms with Gasteiger partial charge >= 0.3 is 0 Å². The zero-order chi connectivity index (χ0) is 12.0. The van der Waals surface area contributed by atoms with Gasteiger partial charge in [-0.3, -0.25) is 9.59 Å². The predicted molar refractivity (Wildman–Crippen MR) is 63.6 cm³/mol. The highest BCUT2D eigenvalue weighted by atomic mass is 16.2. The van der Waals surface area contributed by atoms with Gasteiger partial charge in [-0.05, 0) is 19.3 Å². The standard InChI is InChI=1S/C12H19NO2/c1-7(2)13(6)9-8(12(3,4)5)10(14)11(9)15/h7H,1-6H3. The number of hydrogen-bond acceptors (Lipinski definition) is 3. The molecule has 0 spiro atoms. The van der Waals surface area contributed by atoms with Crippen molar-refractivity contribution >= 4 is 5.69 Å². The van der Waals surface area contributed by atoms with Crippen molar-refractivity contribution in [1.29, 1.82) is 0 Å². The Labute approximate surface area is 90.4 Å². The molecule has 0 N–H and O–H groups in total. The smallest absolute Gasteiger partial charge is 0.249 e. The maximum absolute atomic E-state index is 11.5. The molecule has 0 unspecified atom stereocenters. The Bertz CT molecular complexity index is 431. The molecule has 1 aromatic carbocycles. The summed E-state index contributed by atoms with van der Waals surface area (Å²) in [4.78, 5) is 24.9. The average molecular weight is 209 g/mol. The number of rotatable bonds is 2. The fourth-order valence-electron chi connectivity index (χ4n) is 1.67. The Morgan fingerprint density at radius 1 is 1.07 bits per heavy atom. The predicted octanol–water partition coefficient (Wildman–Crippen LogP) is 1.42. The largest absolute Gasteiger partial charge is 0.369 e. The molecule has 0 saturated heterocycles. The lowest BCUT2D eigenvalue weighted by Gasteiger charge is -2.31. The molecule has 3 nitrogen and oxygen atoms in total. The van der Waals surface area contributed by atoms with Gasteiger partial charge in [0.25, 0.3) is 0 Å². The van der Waals surface area contributed by atoms with E-state index in [1.807, 2.05) is 46.6 Å². The van der Waals surface area contributed by atoms with Crippen molar-refractivity contribution in [1.82, 2.24) is 0 Å². The Hall–Kier alpha value is -1.12. The van der Waals surface area contributed by atoms with Crippen molar-refractivity contribution in [2.75, 3.05) is 11.9 Å². The summed E-state index contributed by atoms with van der Waals surface area (Å²) in [5.74, 6) is 0. The zero-order valence-corrected chi connectivity index (χ0v) is 10.3. The first-order chi connectivity index (χ1) is 6.68. The van der Waals surface area contributed by atoms with Crippen LogP contribution in [0.5, 0.6) is 0 Å². The number of anilines is 1. The molecule has 84 valence electrons. The lowest BCUT2D eigenvalue weighted by molar-refractivity contribution is 0.572. The van der Waals surface area contributed by atoms with Crippen LogP contribution in [0.25, 0.3) is 0 Å². The summed E-state index contributed by atoms with van der Waals surface area (Å²) in [7, 11) is 1.86. The van der Waals surface area contributed by atoms with Crippen molar-refractivity contribution in [2.45, 2.75) is 46.1 Å². The van der Waals surface area contributed by atoms with Crippen LogP contribution in [0.15, 0.2) is 9.59 Å². The molecule has 0 heterocycles. The van der Waals surface area contributed by atoms with Crippen LogP contribution in [0.2, 0.25) is 0 Å². The van der Waals surface area contributed by atoms with Gasteiger partial charge < -0.3 is 4.90 Å². The highest BCUT2D eigenvalue weighted by Gasteiger charge is 2.32. The molecule has 0 atom stereocenters. The van der Waals surface area contributed by atoms with E-state index >= 15 is 0 Å². The second kappa shape index (κ2) is 3.47. The summed E-state index contributed by atoms with van der Waals surface area (Å²) in [6, 6.07) is 0.231. The summed E-state index contributed by atoms with van der Waals surface area (Å²) in [6.07, 6.45) is 0. The molecule has 0 aliphatic carbocycles. The van der Waals surface area contributed by atoms with E-state index in [1.165, 1.54) is 0 Å². The van der Waals surface area contributed by atoms with Gasteiger partial charge in [-0.2, -0.15) is 0 Å². The number of nitrogens with zero attached hydrogens (tertiary/aromatic N) is 1. The Morgan fingerprint density at radius 2 is 1.53 bits per heavy atom.